The highest BCUT2D eigenvalue weighted by molar-refractivity contribution is 5.98. The van der Waals surface area contributed by atoms with Gasteiger partial charge in [0.25, 0.3) is 11.7 Å². The number of esters is 1. The van der Waals surface area contributed by atoms with E-state index in [1.54, 1.807) is 25.1 Å². The van der Waals surface area contributed by atoms with Crippen molar-refractivity contribution >= 4 is 23.4 Å². The number of carbonyl (C=O) groups excluding carboxylic acids is 3. The summed E-state index contributed by atoms with van der Waals surface area (Å²) in [4.78, 5) is 43.8. The van der Waals surface area contributed by atoms with Gasteiger partial charge in [0.05, 0.1) is 5.56 Å². The Labute approximate surface area is 231 Å². The predicted octanol–water partition coefficient (Wildman–Crippen LogP) is 4.11. The number of carbonyl (C=O) groups is 3. The van der Waals surface area contributed by atoms with Crippen LogP contribution < -0.4 is 11.1 Å². The van der Waals surface area contributed by atoms with Crippen LogP contribution in [0.15, 0.2) is 48.8 Å². The summed E-state index contributed by atoms with van der Waals surface area (Å²) >= 11 is 0. The zero-order valence-corrected chi connectivity index (χ0v) is 23.4. The van der Waals surface area contributed by atoms with E-state index in [2.05, 4.69) is 20.4 Å². The molecule has 4 aromatic rings. The Kier molecular flexibility index (Phi) is 9.43. The molecule has 0 saturated carbocycles. The highest BCUT2D eigenvalue weighted by Gasteiger charge is 2.19. The van der Waals surface area contributed by atoms with Crippen molar-refractivity contribution < 1.29 is 23.5 Å². The van der Waals surface area contributed by atoms with Crippen molar-refractivity contribution in [3.05, 3.63) is 93.8 Å². The number of nitrogens with zero attached hydrogens (tertiary/aromatic N) is 4. The molecule has 3 N–H and O–H groups in total. The van der Waals surface area contributed by atoms with Crippen molar-refractivity contribution in [3.8, 4) is 0 Å². The minimum atomic E-state index is -0.462. The molecule has 0 aliphatic carbocycles. The second-order valence-corrected chi connectivity index (χ2v) is 10.2. The first-order valence-corrected chi connectivity index (χ1v) is 12.6. The summed E-state index contributed by atoms with van der Waals surface area (Å²) in [6, 6.07) is 11.5. The van der Waals surface area contributed by atoms with Crippen LogP contribution in [0.2, 0.25) is 0 Å². The first-order valence-electron chi connectivity index (χ1n) is 12.6. The molecule has 40 heavy (non-hydrogen) atoms. The fraction of sp³-hybridized carbons (Fsp3) is 0.310. The van der Waals surface area contributed by atoms with Crippen LogP contribution in [-0.2, 0) is 17.8 Å². The van der Waals surface area contributed by atoms with Gasteiger partial charge in [0.2, 0.25) is 0 Å². The first kappa shape index (κ1) is 30.0. The summed E-state index contributed by atoms with van der Waals surface area (Å²) in [5.41, 5.74) is 9.15. The van der Waals surface area contributed by atoms with E-state index in [1.165, 1.54) is 29.9 Å². The van der Waals surface area contributed by atoms with Crippen molar-refractivity contribution in [2.24, 2.45) is 5.73 Å². The molecule has 1 amide bonds. The van der Waals surface area contributed by atoms with E-state index in [4.69, 9.17) is 10.5 Å². The number of halogens is 1. The quantitative estimate of drug-likeness (QED) is 0.271. The number of hydrogen-bond donors (Lipinski definition) is 2. The number of Topliss-reactive ketones (excluding diaryl/α,β-unsaturated/α-hetero) is 1. The third-order valence-corrected chi connectivity index (χ3v) is 5.67. The van der Waals surface area contributed by atoms with Gasteiger partial charge in [-0.1, -0.05) is 24.3 Å². The Morgan fingerprint density at radius 1 is 1.02 bits per heavy atom. The zero-order valence-electron chi connectivity index (χ0n) is 23.4. The number of amides is 1. The third kappa shape index (κ3) is 7.76. The molecule has 0 saturated heterocycles. The molecule has 0 fully saturated rings. The number of nitrogens with one attached hydrogen (secondary N) is 1. The van der Waals surface area contributed by atoms with Gasteiger partial charge in [-0.3, -0.25) is 9.59 Å². The van der Waals surface area contributed by atoms with Crippen LogP contribution in [0.5, 0.6) is 0 Å². The van der Waals surface area contributed by atoms with Crippen molar-refractivity contribution in [2.75, 3.05) is 0 Å². The van der Waals surface area contributed by atoms with E-state index in [0.717, 1.165) is 16.7 Å². The number of rotatable bonds is 6. The molecule has 0 unspecified atom stereocenters. The normalized spacial score (nSPS) is 11.0. The van der Waals surface area contributed by atoms with Crippen molar-refractivity contribution in [1.29, 1.82) is 0 Å². The lowest BCUT2D eigenvalue weighted by atomic mass is 10.0. The second kappa shape index (κ2) is 12.6. The zero-order chi connectivity index (χ0) is 29.6. The lowest BCUT2D eigenvalue weighted by Crippen LogP contribution is -2.25. The van der Waals surface area contributed by atoms with E-state index in [9.17, 15) is 18.8 Å². The van der Waals surface area contributed by atoms with Gasteiger partial charge in [-0.05, 0) is 75.1 Å². The molecule has 2 aromatic heterocycles. The largest absolute Gasteiger partial charge is 0.456 e. The van der Waals surface area contributed by atoms with Crippen LogP contribution in [0, 0.1) is 19.7 Å². The van der Waals surface area contributed by atoms with Gasteiger partial charge in [0, 0.05) is 20.0 Å². The standard InChI is InChI=1S/C16H14FN5O2.C13H19NO2/c1-9-5-11(3-4-12(9)17)7-18-15(24)13-6-14(10(2)23)22-16(21-13)19-8-20-22;1-9-7-10(8-14)5-6-11(9)12(15)16-13(2,3)4/h3-6,8H,7H2,1-2H3,(H,18,24);5-7H,8,14H2,1-4H3. The highest BCUT2D eigenvalue weighted by atomic mass is 19.1. The van der Waals surface area contributed by atoms with Crippen LogP contribution in [0.1, 0.15) is 81.3 Å². The molecule has 0 radical (unpaired) electrons. The molecular formula is C29H33FN6O4. The second-order valence-electron chi connectivity index (χ2n) is 10.2. The number of ketones is 1. The van der Waals surface area contributed by atoms with Gasteiger partial charge in [-0.15, -0.1) is 0 Å². The third-order valence-electron chi connectivity index (χ3n) is 5.67. The summed E-state index contributed by atoms with van der Waals surface area (Å²) in [5, 5.41) is 6.60. The minimum absolute atomic E-state index is 0.0690. The fourth-order valence-electron chi connectivity index (χ4n) is 3.68. The van der Waals surface area contributed by atoms with Crippen LogP contribution in [0.4, 0.5) is 4.39 Å². The predicted molar refractivity (Wildman–Crippen MR) is 147 cm³/mol. The van der Waals surface area contributed by atoms with E-state index in [0.29, 0.717) is 17.7 Å². The van der Waals surface area contributed by atoms with Crippen LogP contribution in [0.25, 0.3) is 5.78 Å². The SMILES string of the molecule is CC(=O)c1cc(C(=O)NCc2ccc(F)c(C)c2)nc2ncnn12.Cc1cc(CN)ccc1C(=O)OC(C)(C)C. The molecule has 2 aromatic carbocycles. The Morgan fingerprint density at radius 3 is 2.30 bits per heavy atom. The number of fused-ring (bicyclic) bond motifs is 1. The maximum Gasteiger partial charge on any atom is 0.338 e. The Bertz CT molecular complexity index is 1560. The van der Waals surface area contributed by atoms with Gasteiger partial charge in [0.15, 0.2) is 5.78 Å². The number of ether oxygens (including phenoxy) is 1. The molecule has 0 bridgehead atoms. The van der Waals surface area contributed by atoms with Gasteiger partial charge < -0.3 is 15.8 Å². The lowest BCUT2D eigenvalue weighted by molar-refractivity contribution is 0.00685. The number of nitrogens with two attached hydrogens (primary N) is 1. The van der Waals surface area contributed by atoms with Gasteiger partial charge in [-0.25, -0.2) is 14.2 Å². The maximum atomic E-state index is 13.3. The Morgan fingerprint density at radius 2 is 1.70 bits per heavy atom. The average molecular weight is 549 g/mol. The Balaban J connectivity index is 0.000000241. The van der Waals surface area contributed by atoms with E-state index in [-0.39, 0.29) is 41.3 Å². The van der Waals surface area contributed by atoms with E-state index in [1.807, 2.05) is 39.8 Å². The smallest absolute Gasteiger partial charge is 0.338 e. The fourth-order valence-corrected chi connectivity index (χ4v) is 3.68. The number of aryl methyl sites for hydroxylation is 2. The minimum Gasteiger partial charge on any atom is -0.456 e. The molecule has 10 nitrogen and oxygen atoms in total. The molecule has 11 heteroatoms. The lowest BCUT2D eigenvalue weighted by Gasteiger charge is -2.20. The average Bonchev–Trinajstić information content (AvgIpc) is 3.36. The summed E-state index contributed by atoms with van der Waals surface area (Å²) in [7, 11) is 0. The van der Waals surface area contributed by atoms with Crippen molar-refractivity contribution in [3.63, 3.8) is 0 Å². The summed E-state index contributed by atoms with van der Waals surface area (Å²) < 4.78 is 19.8. The van der Waals surface area contributed by atoms with Crippen LogP contribution in [0.3, 0.4) is 0 Å². The number of aromatic nitrogens is 4. The Hall–Kier alpha value is -4.51. The number of hydrogen-bond acceptors (Lipinski definition) is 8. The topological polar surface area (TPSA) is 142 Å². The molecule has 4 rings (SSSR count). The molecular weight excluding hydrogens is 515 g/mol. The maximum absolute atomic E-state index is 13.3. The summed E-state index contributed by atoms with van der Waals surface area (Å²) in [6.45, 7) is 11.2. The molecule has 0 spiro atoms. The van der Waals surface area contributed by atoms with Crippen molar-refractivity contribution in [2.45, 2.75) is 60.2 Å². The summed E-state index contributed by atoms with van der Waals surface area (Å²) in [6.07, 6.45) is 1.26. The van der Waals surface area contributed by atoms with Gasteiger partial charge in [-0.2, -0.15) is 14.6 Å². The number of benzene rings is 2. The first-order chi connectivity index (χ1) is 18.8. The monoisotopic (exact) mass is 548 g/mol. The van der Waals surface area contributed by atoms with E-state index < -0.39 is 11.5 Å². The molecule has 2 heterocycles. The summed E-state index contributed by atoms with van der Waals surface area (Å²) in [5.74, 6) is -1.12. The molecule has 0 atom stereocenters. The van der Waals surface area contributed by atoms with E-state index >= 15 is 0 Å². The highest BCUT2D eigenvalue weighted by Crippen LogP contribution is 2.16. The molecule has 0 aliphatic rings. The molecule has 0 aliphatic heterocycles. The van der Waals surface area contributed by atoms with Crippen LogP contribution in [-0.4, -0.2) is 42.8 Å². The molecule has 210 valence electrons. The van der Waals surface area contributed by atoms with Crippen molar-refractivity contribution in [1.82, 2.24) is 24.9 Å². The van der Waals surface area contributed by atoms with Gasteiger partial charge >= 0.3 is 5.97 Å². The van der Waals surface area contributed by atoms with Crippen LogP contribution >= 0.6 is 0 Å². The van der Waals surface area contributed by atoms with Gasteiger partial charge in [0.1, 0.15) is 29.1 Å².